The Bertz CT molecular complexity index is 344. The summed E-state index contributed by atoms with van der Waals surface area (Å²) in [6.45, 7) is 0.696. The summed E-state index contributed by atoms with van der Waals surface area (Å²) in [5, 5.41) is 0. The molecule has 0 aliphatic heterocycles. The quantitative estimate of drug-likeness (QED) is 0.589. The molecular weight excluding hydrogens is 298 g/mol. The van der Waals surface area contributed by atoms with Crippen LogP contribution in [-0.2, 0) is 9.05 Å². The van der Waals surface area contributed by atoms with Crippen molar-refractivity contribution in [2.75, 3.05) is 5.75 Å². The minimum absolute atomic E-state index is 0.696. The van der Waals surface area contributed by atoms with Crippen LogP contribution < -0.4 is 0 Å². The van der Waals surface area contributed by atoms with Gasteiger partial charge in [0.15, 0.2) is 5.41 Å². The first-order chi connectivity index (χ1) is 7.27. The molecule has 10 heteroatoms. The number of rotatable bonds is 4. The molecule has 0 fully saturated rings. The Morgan fingerprint density at radius 2 is 1.35 bits per heavy atom. The molecule has 2 nitrogen and oxygen atoms in total. The van der Waals surface area contributed by atoms with Crippen molar-refractivity contribution in [2.24, 2.45) is 5.41 Å². The molecule has 0 aliphatic carbocycles. The molecule has 0 amide bonds. The van der Waals surface area contributed by atoms with Gasteiger partial charge in [-0.15, -0.1) is 0 Å². The lowest BCUT2D eigenvalue weighted by Crippen LogP contribution is -2.50. The van der Waals surface area contributed by atoms with E-state index >= 15 is 0 Å². The fraction of sp³-hybridized carbons (Fsp3) is 1.00. The zero-order valence-corrected chi connectivity index (χ0v) is 10.1. The third kappa shape index (κ3) is 3.90. The Kier molecular flexibility index (Phi) is 4.78. The number of hydrogen-bond acceptors (Lipinski definition) is 2. The van der Waals surface area contributed by atoms with Crippen LogP contribution in [0.3, 0.4) is 0 Å². The van der Waals surface area contributed by atoms with Crippen molar-refractivity contribution in [3.63, 3.8) is 0 Å². The third-order valence-electron chi connectivity index (χ3n) is 2.46. The second-order valence-electron chi connectivity index (χ2n) is 3.42. The molecule has 0 aromatic carbocycles. The van der Waals surface area contributed by atoms with Crippen LogP contribution in [0.2, 0.25) is 0 Å². The Hall–Kier alpha value is -0.180. The Morgan fingerprint density at radius 1 is 1.00 bits per heavy atom. The monoisotopic (exact) mass is 306 g/mol. The van der Waals surface area contributed by atoms with Gasteiger partial charge in [0, 0.05) is 10.7 Å². The molecule has 0 radical (unpaired) electrons. The average molecular weight is 307 g/mol. The molecule has 0 aromatic rings. The largest absolute Gasteiger partial charge is 0.403 e. The molecule has 0 saturated heterocycles. The molecule has 0 heterocycles. The van der Waals surface area contributed by atoms with Crippen molar-refractivity contribution in [3.8, 4) is 0 Å². The molecule has 0 spiro atoms. The highest BCUT2D eigenvalue weighted by Gasteiger charge is 2.69. The van der Waals surface area contributed by atoms with E-state index in [9.17, 15) is 34.8 Å². The maximum Gasteiger partial charge on any atom is 0.403 e. The summed E-state index contributed by atoms with van der Waals surface area (Å²) in [7, 11) is 0.218. The van der Waals surface area contributed by atoms with Crippen molar-refractivity contribution in [1.82, 2.24) is 0 Å². The number of alkyl halides is 6. The fourth-order valence-electron chi connectivity index (χ4n) is 1.32. The molecule has 0 rings (SSSR count). The first-order valence-corrected chi connectivity index (χ1v) is 6.80. The normalized spacial score (nSPS) is 15.1. The van der Waals surface area contributed by atoms with Crippen molar-refractivity contribution >= 4 is 19.7 Å². The molecule has 0 unspecified atom stereocenters. The first-order valence-electron chi connectivity index (χ1n) is 4.32. The van der Waals surface area contributed by atoms with Crippen molar-refractivity contribution in [3.05, 3.63) is 0 Å². The predicted octanol–water partition coefficient (Wildman–Crippen LogP) is 3.47. The van der Waals surface area contributed by atoms with Crippen molar-refractivity contribution < 1.29 is 34.8 Å². The predicted molar refractivity (Wildman–Crippen MR) is 49.1 cm³/mol. The molecule has 17 heavy (non-hydrogen) atoms. The van der Waals surface area contributed by atoms with E-state index in [-0.39, 0.29) is 0 Å². The van der Waals surface area contributed by atoms with E-state index in [0.29, 0.717) is 6.92 Å². The van der Waals surface area contributed by atoms with E-state index in [1.807, 2.05) is 0 Å². The summed E-state index contributed by atoms with van der Waals surface area (Å²) in [4.78, 5) is 0. The summed E-state index contributed by atoms with van der Waals surface area (Å²) in [5.74, 6) is -1.39. The lowest BCUT2D eigenvalue weighted by atomic mass is 9.81. The van der Waals surface area contributed by atoms with Gasteiger partial charge in [0.05, 0.1) is 5.75 Å². The van der Waals surface area contributed by atoms with Crippen molar-refractivity contribution in [1.29, 1.82) is 0 Å². The summed E-state index contributed by atoms with van der Waals surface area (Å²) in [6, 6.07) is 0. The molecule has 0 atom stereocenters. The van der Waals surface area contributed by atoms with Gasteiger partial charge in [-0.3, -0.25) is 0 Å². The first kappa shape index (κ1) is 16.8. The average Bonchev–Trinajstić information content (AvgIpc) is 1.97. The van der Waals surface area contributed by atoms with Gasteiger partial charge in [0.1, 0.15) is 0 Å². The lowest BCUT2D eigenvalue weighted by Gasteiger charge is -2.36. The van der Waals surface area contributed by atoms with Crippen LogP contribution in [0.15, 0.2) is 0 Å². The topological polar surface area (TPSA) is 34.1 Å². The van der Waals surface area contributed by atoms with Crippen molar-refractivity contribution in [2.45, 2.75) is 32.1 Å². The van der Waals surface area contributed by atoms with Crippen LogP contribution in [0.25, 0.3) is 0 Å². The summed E-state index contributed by atoms with van der Waals surface area (Å²) >= 11 is 0. The van der Waals surface area contributed by atoms with Gasteiger partial charge in [0.25, 0.3) is 0 Å². The minimum Gasteiger partial charge on any atom is -0.212 e. The number of halogens is 7. The Labute approximate surface area is 98.4 Å². The van der Waals surface area contributed by atoms with E-state index in [0.717, 1.165) is 0 Å². The maximum absolute atomic E-state index is 12.5. The zero-order valence-electron chi connectivity index (χ0n) is 8.49. The number of hydrogen-bond donors (Lipinski definition) is 0. The van der Waals surface area contributed by atoms with Crippen LogP contribution in [0, 0.1) is 5.41 Å². The standard InChI is InChI=1S/C7H9ClF6O2S/c1-2-5(6(9,10)11,7(12,13)14)3-4-17(8,15)16/h2-4H2,1H3. The minimum atomic E-state index is -5.58. The second kappa shape index (κ2) is 4.83. The van der Waals surface area contributed by atoms with Gasteiger partial charge in [-0.25, -0.2) is 8.42 Å². The highest BCUT2D eigenvalue weighted by atomic mass is 35.7. The van der Waals surface area contributed by atoms with E-state index in [1.54, 1.807) is 0 Å². The van der Waals surface area contributed by atoms with Gasteiger partial charge in [0.2, 0.25) is 9.05 Å². The Balaban J connectivity index is 5.39. The molecule has 104 valence electrons. The van der Waals surface area contributed by atoms with Gasteiger partial charge in [-0.2, -0.15) is 26.3 Å². The highest BCUT2D eigenvalue weighted by molar-refractivity contribution is 8.13. The van der Waals surface area contributed by atoms with Crippen LogP contribution in [0.1, 0.15) is 19.8 Å². The zero-order chi connectivity index (χ0) is 14.1. The Morgan fingerprint density at radius 3 is 1.53 bits per heavy atom. The summed E-state index contributed by atoms with van der Waals surface area (Å²) in [6.07, 6.45) is -14.1. The molecule has 0 N–H and O–H groups in total. The second-order valence-corrected chi connectivity index (χ2v) is 6.32. The van der Waals surface area contributed by atoms with E-state index < -0.39 is 45.4 Å². The van der Waals surface area contributed by atoms with Crippen LogP contribution in [0.5, 0.6) is 0 Å². The molecule has 0 aromatic heterocycles. The van der Waals surface area contributed by atoms with Crippen LogP contribution >= 0.6 is 10.7 Å². The molecule has 0 bridgehead atoms. The van der Waals surface area contributed by atoms with E-state index in [2.05, 4.69) is 10.7 Å². The van der Waals surface area contributed by atoms with Gasteiger partial charge < -0.3 is 0 Å². The van der Waals surface area contributed by atoms with Gasteiger partial charge >= 0.3 is 12.4 Å². The van der Waals surface area contributed by atoms with Gasteiger partial charge in [-0.05, 0) is 12.8 Å². The lowest BCUT2D eigenvalue weighted by molar-refractivity contribution is -0.342. The molecule has 0 aliphatic rings. The molecule has 0 saturated carbocycles. The van der Waals surface area contributed by atoms with Crippen LogP contribution in [0.4, 0.5) is 26.3 Å². The summed E-state index contributed by atoms with van der Waals surface area (Å²) in [5.41, 5.74) is -4.04. The maximum atomic E-state index is 12.5. The van der Waals surface area contributed by atoms with E-state index in [4.69, 9.17) is 0 Å². The van der Waals surface area contributed by atoms with E-state index in [1.165, 1.54) is 0 Å². The SMILES string of the molecule is CCC(CCS(=O)(=O)Cl)(C(F)(F)F)C(F)(F)F. The highest BCUT2D eigenvalue weighted by Crippen LogP contribution is 2.54. The van der Waals surface area contributed by atoms with Gasteiger partial charge in [-0.1, -0.05) is 6.92 Å². The van der Waals surface area contributed by atoms with Crippen LogP contribution in [-0.4, -0.2) is 26.5 Å². The molecular formula is C7H9ClF6O2S. The summed E-state index contributed by atoms with van der Waals surface area (Å²) < 4.78 is 95.9. The third-order valence-corrected chi connectivity index (χ3v) is 3.62. The fourth-order valence-corrected chi connectivity index (χ4v) is 2.14. The smallest absolute Gasteiger partial charge is 0.212 e.